The second-order valence-corrected chi connectivity index (χ2v) is 6.92. The van der Waals surface area contributed by atoms with E-state index in [0.29, 0.717) is 19.4 Å². The Labute approximate surface area is 112 Å². The highest BCUT2D eigenvalue weighted by atomic mass is 35.5. The molecule has 2 N–H and O–H groups in total. The van der Waals surface area contributed by atoms with Crippen LogP contribution in [-0.2, 0) is 10.0 Å². The summed E-state index contributed by atoms with van der Waals surface area (Å²) in [4.78, 5) is 0.106. The number of sulfonamides is 1. The van der Waals surface area contributed by atoms with Crippen molar-refractivity contribution >= 4 is 21.6 Å². The highest BCUT2D eigenvalue weighted by Gasteiger charge is 2.28. The van der Waals surface area contributed by atoms with Crippen molar-refractivity contribution in [2.75, 3.05) is 6.54 Å². The third-order valence-corrected chi connectivity index (χ3v) is 5.06. The molecule has 0 saturated heterocycles. The topological polar surface area (TPSA) is 66.4 Å². The summed E-state index contributed by atoms with van der Waals surface area (Å²) in [5, 5.41) is 9.37. The van der Waals surface area contributed by atoms with Crippen molar-refractivity contribution in [1.29, 1.82) is 0 Å². The molecule has 0 unspecified atom stereocenters. The fourth-order valence-electron chi connectivity index (χ4n) is 2.00. The van der Waals surface area contributed by atoms with Crippen LogP contribution < -0.4 is 4.72 Å². The molecule has 1 aromatic rings. The lowest BCUT2D eigenvalue weighted by Gasteiger charge is -2.31. The molecular formula is C12H16ClNO3S. The first-order valence-corrected chi connectivity index (χ1v) is 7.68. The molecule has 1 aromatic carbocycles. The fourth-order valence-corrected chi connectivity index (χ4v) is 3.71. The summed E-state index contributed by atoms with van der Waals surface area (Å²) in [6.45, 7) is 2.20. The zero-order valence-corrected chi connectivity index (χ0v) is 11.6. The Kier molecular flexibility index (Phi) is 3.96. The van der Waals surface area contributed by atoms with Gasteiger partial charge < -0.3 is 5.11 Å². The lowest BCUT2D eigenvalue weighted by atomic mass is 9.83. The molecule has 0 atom stereocenters. The smallest absolute Gasteiger partial charge is 0.242 e. The third-order valence-electron chi connectivity index (χ3n) is 3.15. The van der Waals surface area contributed by atoms with Crippen LogP contribution in [0.15, 0.2) is 23.1 Å². The largest absolute Gasteiger partial charge is 0.393 e. The summed E-state index contributed by atoms with van der Waals surface area (Å²) < 4.78 is 26.6. The summed E-state index contributed by atoms with van der Waals surface area (Å²) in [6, 6.07) is 4.85. The van der Waals surface area contributed by atoms with Gasteiger partial charge in [-0.05, 0) is 43.4 Å². The van der Waals surface area contributed by atoms with Gasteiger partial charge in [-0.2, -0.15) is 0 Å². The molecule has 100 valence electrons. The van der Waals surface area contributed by atoms with Crippen molar-refractivity contribution in [3.8, 4) is 0 Å². The predicted molar refractivity (Wildman–Crippen MR) is 70.1 cm³/mol. The quantitative estimate of drug-likeness (QED) is 0.886. The van der Waals surface area contributed by atoms with Crippen LogP contribution in [0.1, 0.15) is 18.4 Å². The zero-order valence-electron chi connectivity index (χ0n) is 10.1. The second-order valence-electron chi connectivity index (χ2n) is 4.78. The number of rotatable bonds is 4. The third kappa shape index (κ3) is 3.03. The first kappa shape index (κ1) is 13.8. The highest BCUT2D eigenvalue weighted by molar-refractivity contribution is 7.89. The highest BCUT2D eigenvalue weighted by Crippen LogP contribution is 2.27. The molecule has 0 radical (unpaired) electrons. The zero-order chi connectivity index (χ0) is 13.3. The average Bonchev–Trinajstić information content (AvgIpc) is 2.22. The number of benzene rings is 1. The Morgan fingerprint density at radius 3 is 2.67 bits per heavy atom. The lowest BCUT2D eigenvalue weighted by Crippen LogP contribution is -2.38. The van der Waals surface area contributed by atoms with Gasteiger partial charge in [0.1, 0.15) is 4.90 Å². The van der Waals surface area contributed by atoms with Crippen molar-refractivity contribution in [3.05, 3.63) is 28.8 Å². The number of hydrogen-bond donors (Lipinski definition) is 2. The predicted octanol–water partition coefficient (Wildman–Crippen LogP) is 1.70. The number of halogens is 1. The van der Waals surface area contributed by atoms with Gasteiger partial charge >= 0.3 is 0 Å². The Bertz CT molecular complexity index is 538. The molecule has 18 heavy (non-hydrogen) atoms. The number of aryl methyl sites for hydroxylation is 1. The minimum atomic E-state index is -3.56. The summed E-state index contributed by atoms with van der Waals surface area (Å²) in [6.07, 6.45) is 1.04. The van der Waals surface area contributed by atoms with E-state index in [4.69, 9.17) is 16.7 Å². The fraction of sp³-hybridized carbons (Fsp3) is 0.500. The van der Waals surface area contributed by atoms with E-state index in [-0.39, 0.29) is 21.9 Å². The van der Waals surface area contributed by atoms with E-state index in [1.165, 1.54) is 6.07 Å². The Morgan fingerprint density at radius 2 is 2.11 bits per heavy atom. The Hall–Kier alpha value is -0.620. The summed E-state index contributed by atoms with van der Waals surface area (Å²) >= 11 is 5.94. The second kappa shape index (κ2) is 5.17. The van der Waals surface area contributed by atoms with Gasteiger partial charge in [0.15, 0.2) is 0 Å². The summed E-state index contributed by atoms with van der Waals surface area (Å²) in [5.74, 6) is 0.221. The van der Waals surface area contributed by atoms with Crippen molar-refractivity contribution < 1.29 is 13.5 Å². The molecule has 2 rings (SSSR count). The van der Waals surface area contributed by atoms with E-state index in [2.05, 4.69) is 4.72 Å². The summed E-state index contributed by atoms with van der Waals surface area (Å²) in [5.41, 5.74) is 0.918. The minimum absolute atomic E-state index is 0.106. The maximum Gasteiger partial charge on any atom is 0.242 e. The van der Waals surface area contributed by atoms with Gasteiger partial charge in [-0.15, -0.1) is 0 Å². The van der Waals surface area contributed by atoms with Crippen LogP contribution >= 0.6 is 11.6 Å². The van der Waals surface area contributed by atoms with Crippen molar-refractivity contribution in [2.24, 2.45) is 5.92 Å². The van der Waals surface area contributed by atoms with E-state index < -0.39 is 10.0 Å². The SMILES string of the molecule is Cc1ccc(S(=O)(=O)NCC2CC(O)C2)c(Cl)c1. The number of aliphatic hydroxyl groups excluding tert-OH is 1. The molecule has 0 heterocycles. The molecule has 0 amide bonds. The molecule has 4 nitrogen and oxygen atoms in total. The van der Waals surface area contributed by atoms with Gasteiger partial charge in [-0.1, -0.05) is 17.7 Å². The van der Waals surface area contributed by atoms with E-state index in [0.717, 1.165) is 5.56 Å². The standard InChI is InChI=1S/C12H16ClNO3S/c1-8-2-3-12(11(13)4-8)18(16,17)14-7-9-5-10(15)6-9/h2-4,9-10,14-15H,5-7H2,1H3. The molecule has 1 aliphatic carbocycles. The van der Waals surface area contributed by atoms with Crippen LogP contribution in [0.2, 0.25) is 5.02 Å². The van der Waals surface area contributed by atoms with Gasteiger partial charge in [-0.25, -0.2) is 13.1 Å². The van der Waals surface area contributed by atoms with E-state index in [1.54, 1.807) is 12.1 Å². The molecular weight excluding hydrogens is 274 g/mol. The van der Waals surface area contributed by atoms with E-state index in [9.17, 15) is 8.42 Å². The van der Waals surface area contributed by atoms with Gasteiger partial charge in [0.2, 0.25) is 10.0 Å². The number of hydrogen-bond acceptors (Lipinski definition) is 3. The normalized spacial score (nSPS) is 23.7. The molecule has 0 aliphatic heterocycles. The molecule has 0 bridgehead atoms. The van der Waals surface area contributed by atoms with Crippen LogP contribution in [0.3, 0.4) is 0 Å². The van der Waals surface area contributed by atoms with Gasteiger partial charge in [0, 0.05) is 6.54 Å². The van der Waals surface area contributed by atoms with Crippen LogP contribution in [0.4, 0.5) is 0 Å². The number of aliphatic hydroxyl groups is 1. The van der Waals surface area contributed by atoms with Gasteiger partial charge in [-0.3, -0.25) is 0 Å². The minimum Gasteiger partial charge on any atom is -0.393 e. The van der Waals surface area contributed by atoms with Gasteiger partial charge in [0.05, 0.1) is 11.1 Å². The maximum atomic E-state index is 12.0. The molecule has 1 saturated carbocycles. The lowest BCUT2D eigenvalue weighted by molar-refractivity contribution is 0.0453. The van der Waals surface area contributed by atoms with Crippen LogP contribution in [0, 0.1) is 12.8 Å². The van der Waals surface area contributed by atoms with E-state index in [1.807, 2.05) is 6.92 Å². The first-order chi connectivity index (χ1) is 8.38. The van der Waals surface area contributed by atoms with Gasteiger partial charge in [0.25, 0.3) is 0 Å². The molecule has 1 aliphatic rings. The van der Waals surface area contributed by atoms with Crippen molar-refractivity contribution in [2.45, 2.75) is 30.8 Å². The number of nitrogens with one attached hydrogen (secondary N) is 1. The van der Waals surface area contributed by atoms with Crippen LogP contribution in [-0.4, -0.2) is 26.2 Å². The monoisotopic (exact) mass is 289 g/mol. The summed E-state index contributed by atoms with van der Waals surface area (Å²) in [7, 11) is -3.56. The average molecular weight is 290 g/mol. The Balaban J connectivity index is 2.06. The van der Waals surface area contributed by atoms with Crippen LogP contribution in [0.5, 0.6) is 0 Å². The van der Waals surface area contributed by atoms with Crippen molar-refractivity contribution in [1.82, 2.24) is 4.72 Å². The molecule has 0 spiro atoms. The van der Waals surface area contributed by atoms with Crippen molar-refractivity contribution in [3.63, 3.8) is 0 Å². The maximum absolute atomic E-state index is 12.0. The van der Waals surface area contributed by atoms with Crippen LogP contribution in [0.25, 0.3) is 0 Å². The molecule has 1 fully saturated rings. The Morgan fingerprint density at radius 1 is 1.44 bits per heavy atom. The molecule has 0 aromatic heterocycles. The van der Waals surface area contributed by atoms with E-state index >= 15 is 0 Å². The first-order valence-electron chi connectivity index (χ1n) is 5.82. The molecule has 6 heteroatoms.